The molecular weight excluding hydrogens is 256 g/mol. The summed E-state index contributed by atoms with van der Waals surface area (Å²) in [6.07, 6.45) is 0.928. The van der Waals surface area contributed by atoms with Gasteiger partial charge in [0.25, 0.3) is 0 Å². The van der Waals surface area contributed by atoms with Crippen LogP contribution in [-0.2, 0) is 4.79 Å². The van der Waals surface area contributed by atoms with Crippen LogP contribution in [0.15, 0.2) is 29.2 Å². The van der Waals surface area contributed by atoms with Gasteiger partial charge in [-0.3, -0.25) is 4.79 Å². The van der Waals surface area contributed by atoms with Crippen molar-refractivity contribution in [2.45, 2.75) is 38.1 Å². The molecule has 0 heterocycles. The van der Waals surface area contributed by atoms with Gasteiger partial charge >= 0.3 is 0 Å². The molecule has 1 amide bonds. The Hall–Kier alpha value is -1.00. The van der Waals surface area contributed by atoms with Crippen LogP contribution in [-0.4, -0.2) is 24.2 Å². The predicted octanol–water partition coefficient (Wildman–Crippen LogP) is 2.58. The average molecular weight is 280 g/mol. The van der Waals surface area contributed by atoms with E-state index in [4.69, 9.17) is 5.73 Å². The summed E-state index contributed by atoms with van der Waals surface area (Å²) < 4.78 is 0. The topological polar surface area (TPSA) is 55.1 Å². The minimum absolute atomic E-state index is 0.0596. The van der Waals surface area contributed by atoms with Gasteiger partial charge in [0.2, 0.25) is 5.91 Å². The molecule has 0 aliphatic heterocycles. The smallest absolute Gasteiger partial charge is 0.230 e. The van der Waals surface area contributed by atoms with Crippen molar-refractivity contribution in [3.05, 3.63) is 29.8 Å². The van der Waals surface area contributed by atoms with E-state index in [-0.39, 0.29) is 11.9 Å². The van der Waals surface area contributed by atoms with E-state index in [1.54, 1.807) is 11.8 Å². The Balaban J connectivity index is 2.41. The molecule has 0 spiro atoms. The summed E-state index contributed by atoms with van der Waals surface area (Å²) in [4.78, 5) is 13.0. The first-order valence-electron chi connectivity index (χ1n) is 6.70. The fourth-order valence-corrected chi connectivity index (χ4v) is 2.75. The minimum Gasteiger partial charge on any atom is -0.351 e. The van der Waals surface area contributed by atoms with Crippen LogP contribution >= 0.6 is 11.8 Å². The van der Waals surface area contributed by atoms with E-state index in [0.29, 0.717) is 18.2 Å². The highest BCUT2D eigenvalue weighted by atomic mass is 32.2. The van der Waals surface area contributed by atoms with Gasteiger partial charge in [0.05, 0.1) is 5.75 Å². The van der Waals surface area contributed by atoms with E-state index in [9.17, 15) is 4.79 Å². The number of benzene rings is 1. The van der Waals surface area contributed by atoms with Gasteiger partial charge in [-0.25, -0.2) is 0 Å². The number of nitrogens with two attached hydrogens (primary N) is 1. The maximum absolute atomic E-state index is 11.9. The lowest BCUT2D eigenvalue weighted by Crippen LogP contribution is -2.41. The van der Waals surface area contributed by atoms with Crippen LogP contribution in [0.5, 0.6) is 0 Å². The molecule has 0 aromatic heterocycles. The summed E-state index contributed by atoms with van der Waals surface area (Å²) in [6, 6.07) is 8.19. The summed E-state index contributed by atoms with van der Waals surface area (Å²) >= 11 is 1.57. The van der Waals surface area contributed by atoms with E-state index in [0.717, 1.165) is 11.3 Å². The lowest BCUT2D eigenvalue weighted by molar-refractivity contribution is -0.119. The number of amides is 1. The zero-order valence-corrected chi connectivity index (χ0v) is 12.8. The largest absolute Gasteiger partial charge is 0.351 e. The molecule has 0 saturated carbocycles. The first-order valence-corrected chi connectivity index (χ1v) is 7.69. The van der Waals surface area contributed by atoms with E-state index in [1.165, 1.54) is 5.56 Å². The van der Waals surface area contributed by atoms with Crippen LogP contribution in [0.2, 0.25) is 0 Å². The number of nitrogens with one attached hydrogen (secondary N) is 1. The van der Waals surface area contributed by atoms with Gasteiger partial charge in [0.1, 0.15) is 0 Å². The maximum atomic E-state index is 11.9. The average Bonchev–Trinajstić information content (AvgIpc) is 2.36. The Morgan fingerprint density at radius 1 is 1.37 bits per heavy atom. The molecule has 0 saturated heterocycles. The predicted molar refractivity (Wildman–Crippen MR) is 82.3 cm³/mol. The number of hydrogen-bond donors (Lipinski definition) is 2. The molecule has 0 radical (unpaired) electrons. The second-order valence-electron chi connectivity index (χ2n) is 5.18. The molecule has 1 unspecified atom stereocenters. The Bertz CT molecular complexity index is 407. The highest BCUT2D eigenvalue weighted by Gasteiger charge is 2.12. The molecule has 1 aromatic carbocycles. The molecule has 19 heavy (non-hydrogen) atoms. The third-order valence-electron chi connectivity index (χ3n) is 2.86. The van der Waals surface area contributed by atoms with E-state index < -0.39 is 0 Å². The van der Waals surface area contributed by atoms with Crippen molar-refractivity contribution >= 4 is 17.7 Å². The molecule has 4 heteroatoms. The maximum Gasteiger partial charge on any atom is 0.230 e. The Labute approximate surface area is 120 Å². The lowest BCUT2D eigenvalue weighted by atomic mass is 10.0. The quantitative estimate of drug-likeness (QED) is 0.755. The molecule has 0 aliphatic rings. The van der Waals surface area contributed by atoms with Gasteiger partial charge in [-0.2, -0.15) is 0 Å². The Morgan fingerprint density at radius 2 is 2.05 bits per heavy atom. The standard InChI is InChI=1S/C15H24N2OS/c1-11(2)8-13(9-16)17-15(18)10-19-14-7-5-4-6-12(14)3/h4-7,11,13H,8-10,16H2,1-3H3,(H,17,18). The van der Waals surface area contributed by atoms with Crippen molar-refractivity contribution in [2.24, 2.45) is 11.7 Å². The Kier molecular flexibility index (Phi) is 6.95. The second kappa shape index (κ2) is 8.23. The zero-order valence-electron chi connectivity index (χ0n) is 12.0. The fourth-order valence-electron chi connectivity index (χ4n) is 1.91. The van der Waals surface area contributed by atoms with Gasteiger partial charge in [0, 0.05) is 17.5 Å². The van der Waals surface area contributed by atoms with Crippen molar-refractivity contribution in [3.8, 4) is 0 Å². The second-order valence-corrected chi connectivity index (χ2v) is 6.20. The molecule has 0 fully saturated rings. The normalized spacial score (nSPS) is 12.5. The zero-order chi connectivity index (χ0) is 14.3. The SMILES string of the molecule is Cc1ccccc1SCC(=O)NC(CN)CC(C)C. The van der Waals surface area contributed by atoms with Crippen LogP contribution in [0.4, 0.5) is 0 Å². The monoisotopic (exact) mass is 280 g/mol. The molecule has 0 bridgehead atoms. The van der Waals surface area contributed by atoms with E-state index >= 15 is 0 Å². The summed E-state index contributed by atoms with van der Waals surface area (Å²) in [5.41, 5.74) is 6.89. The van der Waals surface area contributed by atoms with Crippen LogP contribution in [0.1, 0.15) is 25.8 Å². The van der Waals surface area contributed by atoms with Crippen molar-refractivity contribution in [3.63, 3.8) is 0 Å². The van der Waals surface area contributed by atoms with Crippen LogP contribution < -0.4 is 11.1 Å². The highest BCUT2D eigenvalue weighted by Crippen LogP contribution is 2.21. The van der Waals surface area contributed by atoms with Gasteiger partial charge in [-0.05, 0) is 30.9 Å². The number of hydrogen-bond acceptors (Lipinski definition) is 3. The number of rotatable bonds is 7. The molecule has 3 nitrogen and oxygen atoms in total. The molecule has 0 aliphatic carbocycles. The summed E-state index contributed by atoms with van der Waals surface area (Å²) in [7, 11) is 0. The third-order valence-corrected chi connectivity index (χ3v) is 4.03. The van der Waals surface area contributed by atoms with Crippen LogP contribution in [0.3, 0.4) is 0 Å². The number of thioether (sulfide) groups is 1. The summed E-state index contributed by atoms with van der Waals surface area (Å²) in [6.45, 7) is 6.83. The van der Waals surface area contributed by atoms with Gasteiger partial charge in [-0.15, -0.1) is 11.8 Å². The van der Waals surface area contributed by atoms with Gasteiger partial charge in [0.15, 0.2) is 0 Å². The number of aryl methyl sites for hydroxylation is 1. The fraction of sp³-hybridized carbons (Fsp3) is 0.533. The minimum atomic E-state index is 0.0596. The van der Waals surface area contributed by atoms with E-state index in [2.05, 4.69) is 32.2 Å². The van der Waals surface area contributed by atoms with Crippen molar-refractivity contribution in [1.29, 1.82) is 0 Å². The third kappa shape index (κ3) is 6.12. The number of carbonyl (C=O) groups excluding carboxylic acids is 1. The lowest BCUT2D eigenvalue weighted by Gasteiger charge is -2.18. The molecule has 106 valence electrons. The van der Waals surface area contributed by atoms with E-state index in [1.807, 2.05) is 18.2 Å². The van der Waals surface area contributed by atoms with Crippen LogP contribution in [0.25, 0.3) is 0 Å². The highest BCUT2D eigenvalue weighted by molar-refractivity contribution is 8.00. The molecule has 3 N–H and O–H groups in total. The molecular formula is C15H24N2OS. The first kappa shape index (κ1) is 16.1. The van der Waals surface area contributed by atoms with Crippen molar-refractivity contribution in [1.82, 2.24) is 5.32 Å². The first-order chi connectivity index (χ1) is 9.02. The van der Waals surface area contributed by atoms with Crippen LogP contribution in [0, 0.1) is 12.8 Å². The van der Waals surface area contributed by atoms with Crippen molar-refractivity contribution in [2.75, 3.05) is 12.3 Å². The molecule has 1 aromatic rings. The summed E-state index contributed by atoms with van der Waals surface area (Å²) in [5, 5.41) is 3.00. The molecule has 1 rings (SSSR count). The van der Waals surface area contributed by atoms with Gasteiger partial charge in [-0.1, -0.05) is 32.0 Å². The number of carbonyl (C=O) groups is 1. The molecule has 1 atom stereocenters. The summed E-state index contributed by atoms with van der Waals surface area (Å²) in [5.74, 6) is 1.04. The van der Waals surface area contributed by atoms with Gasteiger partial charge < -0.3 is 11.1 Å². The van der Waals surface area contributed by atoms with Crippen molar-refractivity contribution < 1.29 is 4.79 Å². The Morgan fingerprint density at radius 3 is 2.63 bits per heavy atom.